The highest BCUT2D eigenvalue weighted by atomic mass is 16.6. The zero-order chi connectivity index (χ0) is 17.2. The zero-order valence-corrected chi connectivity index (χ0v) is 14.3. The molecule has 0 bridgehead atoms. The minimum Gasteiger partial charge on any atom is -0.444 e. The van der Waals surface area contributed by atoms with Crippen molar-refractivity contribution in [3.8, 4) is 0 Å². The van der Waals surface area contributed by atoms with Gasteiger partial charge in [-0.2, -0.15) is 0 Å². The summed E-state index contributed by atoms with van der Waals surface area (Å²) in [5.41, 5.74) is -0.489. The summed E-state index contributed by atoms with van der Waals surface area (Å²) >= 11 is 0. The van der Waals surface area contributed by atoms with E-state index in [4.69, 9.17) is 4.74 Å². The second-order valence-corrected chi connectivity index (χ2v) is 6.28. The Morgan fingerprint density at radius 1 is 1.27 bits per heavy atom. The lowest BCUT2D eigenvalue weighted by Gasteiger charge is -2.25. The van der Waals surface area contributed by atoms with E-state index in [0.717, 1.165) is 19.3 Å². The van der Waals surface area contributed by atoms with Crippen molar-refractivity contribution >= 4 is 18.4 Å². The maximum absolute atomic E-state index is 11.7. The molecule has 0 rings (SSSR count). The number of amides is 3. The summed E-state index contributed by atoms with van der Waals surface area (Å²) in [7, 11) is 1.72. The van der Waals surface area contributed by atoms with Crippen molar-refractivity contribution in [1.29, 1.82) is 0 Å². The molecule has 0 aromatic carbocycles. The Morgan fingerprint density at radius 3 is 2.45 bits per heavy atom. The van der Waals surface area contributed by atoms with E-state index in [1.54, 1.807) is 11.9 Å². The molecule has 0 aliphatic heterocycles. The standard InChI is InChI=1S/C15H29N3O4/c1-12(18(5)13(20)10-16-11-19)8-6-7-9-17-14(21)22-15(2,3)4/h11-12H,6-10H2,1-5H3,(H,16,19)(H,17,21). The van der Waals surface area contributed by atoms with Crippen molar-refractivity contribution in [2.75, 3.05) is 20.1 Å². The molecule has 0 spiro atoms. The first-order valence-corrected chi connectivity index (χ1v) is 7.57. The third-order valence-electron chi connectivity index (χ3n) is 3.11. The highest BCUT2D eigenvalue weighted by molar-refractivity contribution is 5.79. The molecule has 0 aromatic heterocycles. The average molecular weight is 315 g/mol. The molecule has 0 heterocycles. The number of unbranched alkanes of at least 4 members (excludes halogenated alkanes) is 1. The predicted molar refractivity (Wildman–Crippen MR) is 84.4 cm³/mol. The normalized spacial score (nSPS) is 12.2. The number of alkyl carbamates (subject to hydrolysis) is 1. The molecule has 0 saturated heterocycles. The van der Waals surface area contributed by atoms with Crippen LogP contribution in [0, 0.1) is 0 Å². The Balaban J connectivity index is 3.80. The maximum Gasteiger partial charge on any atom is 0.407 e. The fourth-order valence-corrected chi connectivity index (χ4v) is 1.76. The van der Waals surface area contributed by atoms with Gasteiger partial charge in [-0.05, 0) is 47.0 Å². The van der Waals surface area contributed by atoms with Crippen LogP contribution in [0.4, 0.5) is 4.79 Å². The number of hydrogen-bond donors (Lipinski definition) is 2. The zero-order valence-electron chi connectivity index (χ0n) is 14.3. The number of nitrogens with one attached hydrogen (secondary N) is 2. The largest absolute Gasteiger partial charge is 0.444 e. The van der Waals surface area contributed by atoms with Crippen molar-refractivity contribution in [2.24, 2.45) is 0 Å². The van der Waals surface area contributed by atoms with Crippen LogP contribution in [0.15, 0.2) is 0 Å². The highest BCUT2D eigenvalue weighted by Crippen LogP contribution is 2.08. The molecular weight excluding hydrogens is 286 g/mol. The number of nitrogens with zero attached hydrogens (tertiary/aromatic N) is 1. The van der Waals surface area contributed by atoms with Crippen molar-refractivity contribution < 1.29 is 19.1 Å². The van der Waals surface area contributed by atoms with Gasteiger partial charge >= 0.3 is 6.09 Å². The summed E-state index contributed by atoms with van der Waals surface area (Å²) in [4.78, 5) is 34.9. The van der Waals surface area contributed by atoms with E-state index >= 15 is 0 Å². The third-order valence-corrected chi connectivity index (χ3v) is 3.11. The van der Waals surface area contributed by atoms with Gasteiger partial charge in [0, 0.05) is 19.6 Å². The second kappa shape index (κ2) is 10.0. The summed E-state index contributed by atoms with van der Waals surface area (Å²) in [5.74, 6) is -0.119. The molecule has 3 amide bonds. The Bertz CT molecular complexity index is 366. The van der Waals surface area contributed by atoms with Crippen LogP contribution < -0.4 is 10.6 Å². The molecule has 128 valence electrons. The average Bonchev–Trinajstić information content (AvgIpc) is 2.41. The third kappa shape index (κ3) is 10.0. The molecule has 7 heteroatoms. The molecule has 0 fully saturated rings. The van der Waals surface area contributed by atoms with E-state index in [1.807, 2.05) is 27.7 Å². The van der Waals surface area contributed by atoms with Gasteiger partial charge in [-0.25, -0.2) is 4.79 Å². The van der Waals surface area contributed by atoms with Gasteiger partial charge in [0.1, 0.15) is 5.60 Å². The van der Waals surface area contributed by atoms with Crippen LogP contribution in [0.3, 0.4) is 0 Å². The minimum absolute atomic E-state index is 0.0184. The first kappa shape index (κ1) is 20.2. The van der Waals surface area contributed by atoms with E-state index in [-0.39, 0.29) is 18.5 Å². The quantitative estimate of drug-likeness (QED) is 0.495. The predicted octanol–water partition coefficient (Wildman–Crippen LogP) is 1.27. The highest BCUT2D eigenvalue weighted by Gasteiger charge is 2.16. The molecule has 0 aliphatic rings. The lowest BCUT2D eigenvalue weighted by Crippen LogP contribution is -2.40. The van der Waals surface area contributed by atoms with Crippen molar-refractivity contribution in [2.45, 2.75) is 58.6 Å². The minimum atomic E-state index is -0.489. The molecule has 22 heavy (non-hydrogen) atoms. The smallest absolute Gasteiger partial charge is 0.407 e. The Hall–Kier alpha value is -1.79. The Labute approximate surface area is 132 Å². The molecule has 0 aromatic rings. The first-order valence-electron chi connectivity index (χ1n) is 7.57. The lowest BCUT2D eigenvalue weighted by atomic mass is 10.1. The van der Waals surface area contributed by atoms with E-state index in [2.05, 4.69) is 10.6 Å². The van der Waals surface area contributed by atoms with Crippen LogP contribution in [0.25, 0.3) is 0 Å². The molecule has 0 aliphatic carbocycles. The van der Waals surface area contributed by atoms with Crippen LogP contribution in [0.2, 0.25) is 0 Å². The van der Waals surface area contributed by atoms with Crippen LogP contribution in [-0.4, -0.2) is 55.1 Å². The molecular formula is C15H29N3O4. The Morgan fingerprint density at radius 2 is 1.91 bits per heavy atom. The first-order chi connectivity index (χ1) is 10.2. The van der Waals surface area contributed by atoms with Crippen molar-refractivity contribution in [3.05, 3.63) is 0 Å². The molecule has 0 radical (unpaired) electrons. The summed E-state index contributed by atoms with van der Waals surface area (Å²) in [6.07, 6.45) is 2.64. The fourth-order valence-electron chi connectivity index (χ4n) is 1.76. The number of rotatable bonds is 9. The maximum atomic E-state index is 11.7. The number of carbonyl (C=O) groups is 3. The van der Waals surface area contributed by atoms with Crippen LogP contribution in [0.1, 0.15) is 47.0 Å². The molecule has 2 N–H and O–H groups in total. The van der Waals surface area contributed by atoms with Gasteiger partial charge in [-0.1, -0.05) is 0 Å². The number of likely N-dealkylation sites (N-methyl/N-ethyl adjacent to an activating group) is 1. The number of hydrogen-bond acceptors (Lipinski definition) is 4. The van der Waals surface area contributed by atoms with Gasteiger partial charge in [0.2, 0.25) is 12.3 Å². The van der Waals surface area contributed by atoms with Gasteiger partial charge in [-0.3, -0.25) is 9.59 Å². The topological polar surface area (TPSA) is 87.7 Å². The van der Waals surface area contributed by atoms with Crippen LogP contribution >= 0.6 is 0 Å². The molecule has 7 nitrogen and oxygen atoms in total. The molecule has 0 saturated carbocycles. The van der Waals surface area contributed by atoms with E-state index in [9.17, 15) is 14.4 Å². The van der Waals surface area contributed by atoms with Crippen molar-refractivity contribution in [1.82, 2.24) is 15.5 Å². The second-order valence-electron chi connectivity index (χ2n) is 6.28. The number of ether oxygens (including phenoxy) is 1. The molecule has 1 unspecified atom stereocenters. The summed E-state index contributed by atoms with van der Waals surface area (Å²) in [6, 6.07) is 0.0856. The van der Waals surface area contributed by atoms with Crippen molar-refractivity contribution in [3.63, 3.8) is 0 Å². The van der Waals surface area contributed by atoms with E-state index < -0.39 is 11.7 Å². The summed E-state index contributed by atoms with van der Waals surface area (Å²) in [6.45, 7) is 7.98. The van der Waals surface area contributed by atoms with Gasteiger partial charge in [0.15, 0.2) is 0 Å². The molecule has 1 atom stereocenters. The van der Waals surface area contributed by atoms with Crippen LogP contribution in [0.5, 0.6) is 0 Å². The summed E-state index contributed by atoms with van der Waals surface area (Å²) in [5, 5.41) is 5.06. The van der Waals surface area contributed by atoms with E-state index in [1.165, 1.54) is 0 Å². The Kier molecular flexibility index (Phi) is 9.21. The fraction of sp³-hybridized carbons (Fsp3) is 0.800. The van der Waals surface area contributed by atoms with E-state index in [0.29, 0.717) is 13.0 Å². The summed E-state index contributed by atoms with van der Waals surface area (Å²) < 4.78 is 5.13. The SMILES string of the molecule is CC(CCCCNC(=O)OC(C)(C)C)N(C)C(=O)CNC=O. The van der Waals surface area contributed by atoms with Crippen LogP contribution in [-0.2, 0) is 14.3 Å². The lowest BCUT2D eigenvalue weighted by molar-refractivity contribution is -0.131. The monoisotopic (exact) mass is 315 g/mol. The number of carbonyl (C=O) groups excluding carboxylic acids is 3. The van der Waals surface area contributed by atoms with Gasteiger partial charge in [0.05, 0.1) is 6.54 Å². The van der Waals surface area contributed by atoms with Gasteiger partial charge < -0.3 is 20.3 Å². The van der Waals surface area contributed by atoms with Gasteiger partial charge in [-0.15, -0.1) is 0 Å². The van der Waals surface area contributed by atoms with Gasteiger partial charge in [0.25, 0.3) is 0 Å².